The maximum atomic E-state index is 12.0. The Labute approximate surface area is 115 Å². The van der Waals surface area contributed by atoms with Crippen LogP contribution in [0.3, 0.4) is 0 Å². The summed E-state index contributed by atoms with van der Waals surface area (Å²) in [6.45, 7) is 1.88. The molecular weight excluding hydrogens is 264 g/mol. The van der Waals surface area contributed by atoms with Crippen molar-refractivity contribution < 1.29 is 14.7 Å². The topological polar surface area (TPSA) is 79.3 Å². The Hall–Kier alpha value is -1.56. The van der Waals surface area contributed by atoms with Crippen LogP contribution in [0.5, 0.6) is 0 Å². The molecule has 1 fully saturated rings. The van der Waals surface area contributed by atoms with Gasteiger partial charge in [0.2, 0.25) is 5.91 Å². The molecule has 1 saturated heterocycles. The van der Waals surface area contributed by atoms with E-state index in [1.54, 1.807) is 18.0 Å². The van der Waals surface area contributed by atoms with Crippen LogP contribution in [0.1, 0.15) is 17.7 Å². The molecule has 0 spiro atoms. The molecule has 1 aliphatic rings. The predicted molar refractivity (Wildman–Crippen MR) is 73.1 cm³/mol. The number of carboxylic acid groups (broad SMARTS) is 1. The lowest BCUT2D eigenvalue weighted by atomic mass is 9.98. The summed E-state index contributed by atoms with van der Waals surface area (Å²) in [4.78, 5) is 27.5. The summed E-state index contributed by atoms with van der Waals surface area (Å²) in [5, 5.41) is 12.0. The van der Waals surface area contributed by atoms with E-state index in [4.69, 9.17) is 0 Å². The van der Waals surface area contributed by atoms with Crippen LogP contribution in [-0.4, -0.2) is 39.0 Å². The van der Waals surface area contributed by atoms with Gasteiger partial charge in [-0.3, -0.25) is 9.78 Å². The van der Waals surface area contributed by atoms with E-state index >= 15 is 0 Å². The molecule has 0 bridgehead atoms. The Morgan fingerprint density at radius 1 is 1.58 bits per heavy atom. The van der Waals surface area contributed by atoms with Crippen LogP contribution in [0.2, 0.25) is 0 Å². The number of hydrogen-bond acceptors (Lipinski definition) is 4. The second-order valence-corrected chi connectivity index (χ2v) is 5.79. The van der Waals surface area contributed by atoms with E-state index in [9.17, 15) is 14.7 Å². The molecule has 0 saturated carbocycles. The number of nitrogens with one attached hydrogen (secondary N) is 1. The number of amides is 1. The number of aryl methyl sites for hydroxylation is 1. The lowest BCUT2D eigenvalue weighted by Gasteiger charge is -2.24. The summed E-state index contributed by atoms with van der Waals surface area (Å²) in [6, 6.07) is 3.69. The second-order valence-electron chi connectivity index (χ2n) is 4.68. The van der Waals surface area contributed by atoms with Gasteiger partial charge in [-0.25, -0.2) is 4.79 Å². The number of thioether (sulfide) groups is 1. The van der Waals surface area contributed by atoms with Gasteiger partial charge in [0.1, 0.15) is 5.54 Å². The molecule has 1 aliphatic heterocycles. The van der Waals surface area contributed by atoms with Crippen molar-refractivity contribution in [1.82, 2.24) is 10.3 Å². The number of carboxylic acids is 1. The van der Waals surface area contributed by atoms with Gasteiger partial charge in [0.05, 0.1) is 12.1 Å². The Morgan fingerprint density at radius 2 is 2.37 bits per heavy atom. The number of aliphatic carboxylic acids is 1. The third-order valence-electron chi connectivity index (χ3n) is 3.26. The molecule has 2 N–H and O–H groups in total. The highest BCUT2D eigenvalue weighted by molar-refractivity contribution is 7.99. The summed E-state index contributed by atoms with van der Waals surface area (Å²) >= 11 is 1.55. The SMILES string of the molecule is Cc1cccnc1CC(=O)NC1(C(=O)O)CCSC1. The van der Waals surface area contributed by atoms with Crippen LogP contribution in [0.25, 0.3) is 0 Å². The van der Waals surface area contributed by atoms with E-state index < -0.39 is 11.5 Å². The van der Waals surface area contributed by atoms with Crippen molar-refractivity contribution in [1.29, 1.82) is 0 Å². The van der Waals surface area contributed by atoms with Gasteiger partial charge in [-0.2, -0.15) is 11.8 Å². The summed E-state index contributed by atoms with van der Waals surface area (Å²) in [5.41, 5.74) is 0.513. The van der Waals surface area contributed by atoms with Crippen LogP contribution < -0.4 is 5.32 Å². The molecule has 0 aromatic carbocycles. The quantitative estimate of drug-likeness (QED) is 0.860. The van der Waals surface area contributed by atoms with Gasteiger partial charge >= 0.3 is 5.97 Å². The van der Waals surface area contributed by atoms with Crippen molar-refractivity contribution >= 4 is 23.6 Å². The number of carbonyl (C=O) groups is 2. The van der Waals surface area contributed by atoms with E-state index in [2.05, 4.69) is 10.3 Å². The van der Waals surface area contributed by atoms with E-state index in [1.165, 1.54) is 0 Å². The molecule has 1 amide bonds. The maximum Gasteiger partial charge on any atom is 0.330 e. The fraction of sp³-hybridized carbons (Fsp3) is 0.462. The summed E-state index contributed by atoms with van der Waals surface area (Å²) in [7, 11) is 0. The molecule has 2 heterocycles. The average Bonchev–Trinajstić information content (AvgIpc) is 2.82. The molecule has 102 valence electrons. The first-order valence-corrected chi connectivity index (χ1v) is 7.22. The number of nitrogens with zero attached hydrogens (tertiary/aromatic N) is 1. The monoisotopic (exact) mass is 280 g/mol. The highest BCUT2D eigenvalue weighted by atomic mass is 32.2. The largest absolute Gasteiger partial charge is 0.479 e. The molecule has 6 heteroatoms. The molecular formula is C13H16N2O3S. The van der Waals surface area contributed by atoms with Crippen LogP contribution in [0, 0.1) is 6.92 Å². The van der Waals surface area contributed by atoms with Crippen molar-refractivity contribution in [2.75, 3.05) is 11.5 Å². The van der Waals surface area contributed by atoms with E-state index in [1.807, 2.05) is 19.1 Å². The number of rotatable bonds is 4. The molecule has 19 heavy (non-hydrogen) atoms. The summed E-state index contributed by atoms with van der Waals surface area (Å²) in [6.07, 6.45) is 2.22. The molecule has 1 atom stereocenters. The Balaban J connectivity index is 2.05. The van der Waals surface area contributed by atoms with Crippen molar-refractivity contribution in [3.8, 4) is 0 Å². The third-order valence-corrected chi connectivity index (χ3v) is 4.45. The predicted octanol–water partition coefficient (Wildman–Crippen LogP) is 1.01. The van der Waals surface area contributed by atoms with Gasteiger partial charge in [-0.1, -0.05) is 6.07 Å². The summed E-state index contributed by atoms with van der Waals surface area (Å²) in [5.74, 6) is -0.0555. The van der Waals surface area contributed by atoms with Crippen molar-refractivity contribution in [2.45, 2.75) is 25.3 Å². The highest BCUT2D eigenvalue weighted by Crippen LogP contribution is 2.28. The van der Waals surface area contributed by atoms with Crippen LogP contribution in [0.4, 0.5) is 0 Å². The minimum atomic E-state index is -1.11. The first-order valence-electron chi connectivity index (χ1n) is 6.06. The van der Waals surface area contributed by atoms with E-state index in [0.29, 0.717) is 17.9 Å². The maximum absolute atomic E-state index is 12.0. The standard InChI is InChI=1S/C13H16N2O3S/c1-9-3-2-5-14-10(9)7-11(16)15-13(12(17)18)4-6-19-8-13/h2-3,5H,4,6-8H2,1H3,(H,15,16)(H,17,18). The normalized spacial score (nSPS) is 22.2. The van der Waals surface area contributed by atoms with Gasteiger partial charge in [-0.05, 0) is 30.7 Å². The van der Waals surface area contributed by atoms with Crippen molar-refractivity contribution in [3.63, 3.8) is 0 Å². The number of hydrogen-bond donors (Lipinski definition) is 2. The van der Waals surface area contributed by atoms with Crippen LogP contribution >= 0.6 is 11.8 Å². The average molecular weight is 280 g/mol. The molecule has 1 unspecified atom stereocenters. The van der Waals surface area contributed by atoms with Crippen molar-refractivity contribution in [3.05, 3.63) is 29.6 Å². The molecule has 1 aromatic heterocycles. The lowest BCUT2D eigenvalue weighted by Crippen LogP contribution is -2.55. The smallest absolute Gasteiger partial charge is 0.330 e. The van der Waals surface area contributed by atoms with Crippen LogP contribution in [-0.2, 0) is 16.0 Å². The number of aromatic nitrogens is 1. The fourth-order valence-corrected chi connectivity index (χ4v) is 3.38. The van der Waals surface area contributed by atoms with E-state index in [0.717, 1.165) is 11.3 Å². The fourth-order valence-electron chi connectivity index (χ4n) is 2.05. The van der Waals surface area contributed by atoms with Gasteiger partial charge in [0.15, 0.2) is 0 Å². The minimum Gasteiger partial charge on any atom is -0.479 e. The molecule has 2 rings (SSSR count). The van der Waals surface area contributed by atoms with Gasteiger partial charge < -0.3 is 10.4 Å². The summed E-state index contributed by atoms with van der Waals surface area (Å²) < 4.78 is 0. The Morgan fingerprint density at radius 3 is 2.95 bits per heavy atom. The first-order chi connectivity index (χ1) is 9.03. The zero-order chi connectivity index (χ0) is 13.9. The third kappa shape index (κ3) is 3.07. The zero-order valence-electron chi connectivity index (χ0n) is 10.7. The second kappa shape index (κ2) is 5.61. The van der Waals surface area contributed by atoms with Crippen LogP contribution in [0.15, 0.2) is 18.3 Å². The minimum absolute atomic E-state index is 0.117. The van der Waals surface area contributed by atoms with E-state index in [-0.39, 0.29) is 12.3 Å². The molecule has 0 aliphatic carbocycles. The zero-order valence-corrected chi connectivity index (χ0v) is 11.5. The highest BCUT2D eigenvalue weighted by Gasteiger charge is 2.43. The van der Waals surface area contributed by atoms with Gasteiger partial charge in [0, 0.05) is 11.9 Å². The first kappa shape index (κ1) is 13.9. The van der Waals surface area contributed by atoms with Crippen molar-refractivity contribution in [2.24, 2.45) is 0 Å². The number of carbonyl (C=O) groups excluding carboxylic acids is 1. The Kier molecular flexibility index (Phi) is 4.09. The lowest BCUT2D eigenvalue weighted by molar-refractivity contribution is -0.146. The van der Waals surface area contributed by atoms with Gasteiger partial charge in [-0.15, -0.1) is 0 Å². The molecule has 0 radical (unpaired) electrons. The number of pyridine rings is 1. The van der Waals surface area contributed by atoms with Gasteiger partial charge in [0.25, 0.3) is 0 Å². The molecule has 1 aromatic rings. The Bertz CT molecular complexity index is 498. The molecule has 5 nitrogen and oxygen atoms in total.